The number of aliphatic imine (C=N–C) groups is 1. The van der Waals surface area contributed by atoms with Crippen LogP contribution in [-0.2, 0) is 4.79 Å². The van der Waals surface area contributed by atoms with Crippen molar-refractivity contribution in [2.24, 2.45) is 4.99 Å². The number of nitrogens with zero attached hydrogens (tertiary/aromatic N) is 1. The average Bonchev–Trinajstić information content (AvgIpc) is 1.69. The molecule has 0 aromatic carbocycles. The van der Waals surface area contributed by atoms with Gasteiger partial charge in [-0.3, -0.25) is 9.79 Å². The normalized spacial score (nSPS) is 8.57. The van der Waals surface area contributed by atoms with Crippen LogP contribution in [0.1, 0.15) is 0 Å². The van der Waals surface area contributed by atoms with E-state index in [9.17, 15) is 4.79 Å². The lowest BCUT2D eigenvalue weighted by Gasteiger charge is -1.75. The highest BCUT2D eigenvalue weighted by molar-refractivity contribution is 5.47. The first-order valence-corrected chi connectivity index (χ1v) is 1.72. The Labute approximate surface area is 41.8 Å². The number of rotatable bonds is 3. The van der Waals surface area contributed by atoms with Crippen molar-refractivity contribution in [2.75, 3.05) is 0 Å². The van der Waals surface area contributed by atoms with E-state index in [1.54, 1.807) is 0 Å². The molecular weight excluding hydrogens is 92.1 g/mol. The number of carbonyl (C=O) groups excluding carboxylic acids is 1. The van der Waals surface area contributed by atoms with E-state index in [-0.39, 0.29) is 0 Å². The Bertz CT molecular complexity index is 87.7. The zero-order valence-electron chi connectivity index (χ0n) is 3.79. The van der Waals surface area contributed by atoms with Gasteiger partial charge in [-0.1, -0.05) is 0 Å². The van der Waals surface area contributed by atoms with Crippen LogP contribution in [-0.4, -0.2) is 13.1 Å². The fourth-order valence-electron chi connectivity index (χ4n) is 0.135. The number of amides is 1. The van der Waals surface area contributed by atoms with Gasteiger partial charge in [0.15, 0.2) is 0 Å². The van der Waals surface area contributed by atoms with Crippen LogP contribution in [0.25, 0.3) is 0 Å². The van der Waals surface area contributed by atoms with Gasteiger partial charge in [0.1, 0.15) is 0 Å². The minimum absolute atomic E-state index is 0.557. The van der Waals surface area contributed by atoms with E-state index in [0.29, 0.717) is 6.41 Å². The first kappa shape index (κ1) is 5.88. The van der Waals surface area contributed by atoms with Crippen LogP contribution >= 0.6 is 0 Å². The third-order valence-corrected chi connectivity index (χ3v) is 0.344. The van der Waals surface area contributed by atoms with Crippen molar-refractivity contribution in [1.82, 2.24) is 5.32 Å². The van der Waals surface area contributed by atoms with Gasteiger partial charge in [-0.05, 0) is 6.72 Å². The van der Waals surface area contributed by atoms with Crippen molar-refractivity contribution in [2.45, 2.75) is 0 Å². The fourth-order valence-corrected chi connectivity index (χ4v) is 0.135. The van der Waals surface area contributed by atoms with Crippen LogP contribution < -0.4 is 5.32 Å². The largest absolute Gasteiger partial charge is 0.334 e. The molecule has 0 saturated heterocycles. The predicted octanol–water partition coefficient (Wildman–Crippen LogP) is -0.0958. The van der Waals surface area contributed by atoms with Crippen LogP contribution in [0, 0.1) is 0 Å². The first-order valence-electron chi connectivity index (χ1n) is 1.72. The Morgan fingerprint density at radius 1 is 1.71 bits per heavy atom. The van der Waals surface area contributed by atoms with Gasteiger partial charge in [-0.25, -0.2) is 0 Å². The topological polar surface area (TPSA) is 41.5 Å². The molecule has 0 aromatic rings. The third kappa shape index (κ3) is 4.88. The average molecular weight is 98.1 g/mol. The van der Waals surface area contributed by atoms with E-state index in [2.05, 4.69) is 17.0 Å². The Kier molecular flexibility index (Phi) is 4.10. The molecule has 1 N–H and O–H groups in total. The molecule has 38 valence electrons. The van der Waals surface area contributed by atoms with Gasteiger partial charge in [0.05, 0.1) is 0 Å². The van der Waals surface area contributed by atoms with Crippen molar-refractivity contribution in [3.8, 4) is 0 Å². The Balaban J connectivity index is 3.08. The second kappa shape index (κ2) is 4.88. The molecule has 1 amide bonds. The standard InChI is InChI=1S/C4H6N2O/c1-5-2-3-6-4-7/h2-4H,1H2,(H,6,7)/b3-2+. The summed E-state index contributed by atoms with van der Waals surface area (Å²) in [7, 11) is 0. The van der Waals surface area contributed by atoms with Crippen molar-refractivity contribution in [3.05, 3.63) is 12.4 Å². The van der Waals surface area contributed by atoms with Gasteiger partial charge in [0.25, 0.3) is 0 Å². The lowest BCUT2D eigenvalue weighted by Crippen LogP contribution is -1.97. The highest BCUT2D eigenvalue weighted by Crippen LogP contribution is 1.61. The van der Waals surface area contributed by atoms with Gasteiger partial charge in [0, 0.05) is 12.4 Å². The monoisotopic (exact) mass is 98.0 g/mol. The number of hydrogen-bond acceptors (Lipinski definition) is 2. The molecule has 0 aliphatic carbocycles. The van der Waals surface area contributed by atoms with E-state index >= 15 is 0 Å². The number of nitrogens with one attached hydrogen (secondary N) is 1. The van der Waals surface area contributed by atoms with Gasteiger partial charge in [-0.2, -0.15) is 0 Å². The SMILES string of the molecule is C=N/C=C/NC=O. The van der Waals surface area contributed by atoms with Gasteiger partial charge in [0.2, 0.25) is 6.41 Å². The third-order valence-electron chi connectivity index (χ3n) is 0.344. The predicted molar refractivity (Wildman–Crippen MR) is 27.9 cm³/mol. The van der Waals surface area contributed by atoms with Crippen LogP contribution in [0.2, 0.25) is 0 Å². The summed E-state index contributed by atoms with van der Waals surface area (Å²) < 4.78 is 0. The fraction of sp³-hybridized carbons (Fsp3) is 0. The minimum atomic E-state index is 0.557. The molecule has 7 heavy (non-hydrogen) atoms. The first-order chi connectivity index (χ1) is 3.41. The zero-order chi connectivity index (χ0) is 5.54. The van der Waals surface area contributed by atoms with Crippen LogP contribution in [0.15, 0.2) is 17.4 Å². The van der Waals surface area contributed by atoms with Gasteiger partial charge < -0.3 is 5.32 Å². The smallest absolute Gasteiger partial charge is 0.211 e. The van der Waals surface area contributed by atoms with E-state index in [4.69, 9.17) is 0 Å². The summed E-state index contributed by atoms with van der Waals surface area (Å²) in [6, 6.07) is 0. The molecule has 3 nitrogen and oxygen atoms in total. The van der Waals surface area contributed by atoms with Gasteiger partial charge in [-0.15, -0.1) is 0 Å². The highest BCUT2D eigenvalue weighted by atomic mass is 16.1. The molecule has 0 bridgehead atoms. The molecule has 0 heterocycles. The molecule has 0 unspecified atom stereocenters. The molecule has 0 fully saturated rings. The summed E-state index contributed by atoms with van der Waals surface area (Å²) in [5.74, 6) is 0. The molecular formula is C4H6N2O. The van der Waals surface area contributed by atoms with E-state index in [1.165, 1.54) is 12.4 Å². The Hall–Kier alpha value is -1.12. The van der Waals surface area contributed by atoms with Crippen molar-refractivity contribution >= 4 is 13.1 Å². The quantitative estimate of drug-likeness (QED) is 0.389. The summed E-state index contributed by atoms with van der Waals surface area (Å²) in [5.41, 5.74) is 0. The van der Waals surface area contributed by atoms with Crippen molar-refractivity contribution < 1.29 is 4.79 Å². The zero-order valence-corrected chi connectivity index (χ0v) is 3.79. The molecule has 0 radical (unpaired) electrons. The molecule has 3 heteroatoms. The van der Waals surface area contributed by atoms with Gasteiger partial charge >= 0.3 is 0 Å². The molecule has 0 aromatic heterocycles. The summed E-state index contributed by atoms with van der Waals surface area (Å²) >= 11 is 0. The molecule has 0 rings (SSSR count). The molecule has 0 spiro atoms. The highest BCUT2D eigenvalue weighted by Gasteiger charge is 1.58. The minimum Gasteiger partial charge on any atom is -0.334 e. The molecule has 0 saturated carbocycles. The molecule has 0 aliphatic heterocycles. The second-order valence-corrected chi connectivity index (χ2v) is 0.783. The molecule has 0 atom stereocenters. The number of carbonyl (C=O) groups is 1. The second-order valence-electron chi connectivity index (χ2n) is 0.783. The summed E-state index contributed by atoms with van der Waals surface area (Å²) in [6.07, 6.45) is 3.33. The molecule has 0 aliphatic rings. The summed E-state index contributed by atoms with van der Waals surface area (Å²) in [5, 5.41) is 2.25. The van der Waals surface area contributed by atoms with Crippen LogP contribution in [0.3, 0.4) is 0 Å². The van der Waals surface area contributed by atoms with Crippen molar-refractivity contribution in [1.29, 1.82) is 0 Å². The summed E-state index contributed by atoms with van der Waals surface area (Å²) in [4.78, 5) is 12.8. The maximum Gasteiger partial charge on any atom is 0.211 e. The van der Waals surface area contributed by atoms with Crippen LogP contribution in [0.5, 0.6) is 0 Å². The van der Waals surface area contributed by atoms with Crippen molar-refractivity contribution in [3.63, 3.8) is 0 Å². The van der Waals surface area contributed by atoms with E-state index < -0.39 is 0 Å². The lowest BCUT2D eigenvalue weighted by atomic mass is 10.9. The van der Waals surface area contributed by atoms with E-state index in [1.807, 2.05) is 0 Å². The maximum absolute atomic E-state index is 9.46. The lowest BCUT2D eigenvalue weighted by molar-refractivity contribution is -0.108. The van der Waals surface area contributed by atoms with E-state index in [0.717, 1.165) is 0 Å². The maximum atomic E-state index is 9.46. The Morgan fingerprint density at radius 2 is 2.43 bits per heavy atom. The van der Waals surface area contributed by atoms with Crippen LogP contribution in [0.4, 0.5) is 0 Å². The summed E-state index contributed by atoms with van der Waals surface area (Å²) in [6.45, 7) is 3.14. The Morgan fingerprint density at radius 3 is 2.86 bits per heavy atom. The number of hydrogen-bond donors (Lipinski definition) is 1.